The van der Waals surface area contributed by atoms with Crippen LogP contribution in [0.15, 0.2) is 30.6 Å². The summed E-state index contributed by atoms with van der Waals surface area (Å²) < 4.78 is 1.72. The minimum Gasteiger partial charge on any atom is -0.389 e. The number of aliphatic hydroxyl groups is 1. The first-order valence-electron chi connectivity index (χ1n) is 5.78. The first kappa shape index (κ1) is 11.8. The summed E-state index contributed by atoms with van der Waals surface area (Å²) in [5.74, 6) is 1.07. The van der Waals surface area contributed by atoms with Crippen molar-refractivity contribution in [2.45, 2.75) is 32.8 Å². The van der Waals surface area contributed by atoms with Gasteiger partial charge in [-0.1, -0.05) is 19.9 Å². The third kappa shape index (κ3) is 2.36. The van der Waals surface area contributed by atoms with Crippen molar-refractivity contribution in [1.82, 2.24) is 14.8 Å². The van der Waals surface area contributed by atoms with Crippen LogP contribution in [0.5, 0.6) is 0 Å². The average Bonchev–Trinajstić information content (AvgIpc) is 2.78. The lowest BCUT2D eigenvalue weighted by atomic mass is 10.1. The third-order valence-corrected chi connectivity index (χ3v) is 2.69. The van der Waals surface area contributed by atoms with Gasteiger partial charge in [-0.25, -0.2) is 9.67 Å². The fourth-order valence-electron chi connectivity index (χ4n) is 1.69. The van der Waals surface area contributed by atoms with Crippen LogP contribution in [0.1, 0.15) is 44.1 Å². The largest absolute Gasteiger partial charge is 0.389 e. The lowest BCUT2D eigenvalue weighted by molar-refractivity contribution is 0.198. The molecule has 0 bridgehead atoms. The molecule has 0 radical (unpaired) electrons. The second-order valence-electron chi connectivity index (χ2n) is 4.43. The van der Waals surface area contributed by atoms with E-state index in [0.717, 1.165) is 11.3 Å². The molecular weight excluding hydrogens is 214 g/mol. The topological polar surface area (TPSA) is 50.9 Å². The molecule has 0 aromatic carbocycles. The van der Waals surface area contributed by atoms with Gasteiger partial charge in [-0.3, -0.25) is 0 Å². The highest BCUT2D eigenvalue weighted by molar-refractivity contribution is 5.34. The van der Waals surface area contributed by atoms with Crippen molar-refractivity contribution in [1.29, 1.82) is 0 Å². The monoisotopic (exact) mass is 231 g/mol. The summed E-state index contributed by atoms with van der Waals surface area (Å²) in [6, 6.07) is 5.66. The number of hydrogen-bond donors (Lipinski definition) is 1. The van der Waals surface area contributed by atoms with Gasteiger partial charge in [0.05, 0.1) is 11.8 Å². The maximum Gasteiger partial charge on any atom is 0.159 e. The van der Waals surface area contributed by atoms with Crippen molar-refractivity contribution in [3.05, 3.63) is 41.9 Å². The highest BCUT2D eigenvalue weighted by atomic mass is 16.3. The van der Waals surface area contributed by atoms with E-state index in [2.05, 4.69) is 23.9 Å². The summed E-state index contributed by atoms with van der Waals surface area (Å²) in [6.07, 6.45) is 3.03. The molecule has 0 spiro atoms. The zero-order chi connectivity index (χ0) is 12.4. The Morgan fingerprint density at radius 1 is 1.24 bits per heavy atom. The first-order chi connectivity index (χ1) is 8.09. The van der Waals surface area contributed by atoms with Crippen LogP contribution in [0.25, 0.3) is 5.82 Å². The van der Waals surface area contributed by atoms with E-state index >= 15 is 0 Å². The van der Waals surface area contributed by atoms with Gasteiger partial charge in [0.25, 0.3) is 0 Å². The number of hydrogen-bond acceptors (Lipinski definition) is 3. The van der Waals surface area contributed by atoms with Gasteiger partial charge >= 0.3 is 0 Å². The van der Waals surface area contributed by atoms with Gasteiger partial charge in [0.15, 0.2) is 5.82 Å². The molecule has 90 valence electrons. The Bertz CT molecular complexity index is 503. The lowest BCUT2D eigenvalue weighted by Crippen LogP contribution is -2.06. The molecule has 4 heteroatoms. The van der Waals surface area contributed by atoms with E-state index in [1.54, 1.807) is 17.8 Å². The van der Waals surface area contributed by atoms with Crippen molar-refractivity contribution >= 4 is 0 Å². The zero-order valence-corrected chi connectivity index (χ0v) is 10.3. The van der Waals surface area contributed by atoms with Gasteiger partial charge in [-0.15, -0.1) is 0 Å². The van der Waals surface area contributed by atoms with Gasteiger partial charge < -0.3 is 5.11 Å². The van der Waals surface area contributed by atoms with Crippen LogP contribution in [0.3, 0.4) is 0 Å². The Labute approximate surface area is 101 Å². The number of aromatic nitrogens is 3. The van der Waals surface area contributed by atoms with Crippen LogP contribution in [-0.2, 0) is 0 Å². The second-order valence-corrected chi connectivity index (χ2v) is 4.43. The number of nitrogens with zero attached hydrogens (tertiary/aromatic N) is 3. The van der Waals surface area contributed by atoms with Crippen molar-refractivity contribution in [2.75, 3.05) is 0 Å². The Kier molecular flexibility index (Phi) is 3.24. The molecule has 0 aliphatic rings. The molecule has 0 saturated carbocycles. The predicted octanol–water partition coefficient (Wildman–Crippen LogP) is 2.44. The molecule has 0 aliphatic carbocycles. The average molecular weight is 231 g/mol. The van der Waals surface area contributed by atoms with E-state index in [-0.39, 0.29) is 0 Å². The molecule has 4 nitrogen and oxygen atoms in total. The van der Waals surface area contributed by atoms with Crippen LogP contribution in [-0.4, -0.2) is 19.9 Å². The summed E-state index contributed by atoms with van der Waals surface area (Å²) in [6.45, 7) is 5.93. The van der Waals surface area contributed by atoms with Gasteiger partial charge in [0.2, 0.25) is 0 Å². The van der Waals surface area contributed by atoms with E-state index in [1.165, 1.54) is 0 Å². The van der Waals surface area contributed by atoms with E-state index in [0.29, 0.717) is 11.7 Å². The molecule has 0 fully saturated rings. The molecule has 17 heavy (non-hydrogen) atoms. The van der Waals surface area contributed by atoms with E-state index in [4.69, 9.17) is 0 Å². The fraction of sp³-hybridized carbons (Fsp3) is 0.385. The van der Waals surface area contributed by atoms with E-state index < -0.39 is 6.10 Å². The minimum absolute atomic E-state index is 0.384. The van der Waals surface area contributed by atoms with Crippen LogP contribution in [0, 0.1) is 0 Å². The summed E-state index contributed by atoms with van der Waals surface area (Å²) in [5, 5.41) is 14.2. The maximum absolute atomic E-state index is 9.70. The molecule has 1 atom stereocenters. The summed E-state index contributed by atoms with van der Waals surface area (Å²) >= 11 is 0. The molecule has 0 unspecified atom stereocenters. The molecule has 0 saturated heterocycles. The van der Waals surface area contributed by atoms with Crippen LogP contribution < -0.4 is 0 Å². The van der Waals surface area contributed by atoms with Crippen LogP contribution in [0.2, 0.25) is 0 Å². The van der Waals surface area contributed by atoms with Crippen molar-refractivity contribution in [3.63, 3.8) is 0 Å². The van der Waals surface area contributed by atoms with Crippen molar-refractivity contribution in [3.8, 4) is 5.82 Å². The predicted molar refractivity (Wildman–Crippen MR) is 66.1 cm³/mol. The van der Waals surface area contributed by atoms with Crippen molar-refractivity contribution < 1.29 is 5.11 Å². The third-order valence-electron chi connectivity index (χ3n) is 2.69. The quantitative estimate of drug-likeness (QED) is 0.882. The Morgan fingerprint density at radius 3 is 2.59 bits per heavy atom. The highest BCUT2D eigenvalue weighted by Crippen LogP contribution is 2.20. The smallest absolute Gasteiger partial charge is 0.159 e. The SMILES string of the molecule is CC(C)c1ccn(-c2ncccc2[C@@H](C)O)n1. The van der Waals surface area contributed by atoms with Crippen LogP contribution >= 0.6 is 0 Å². The number of pyridine rings is 1. The first-order valence-corrected chi connectivity index (χ1v) is 5.78. The minimum atomic E-state index is -0.551. The number of aliphatic hydroxyl groups excluding tert-OH is 1. The Balaban J connectivity index is 2.45. The maximum atomic E-state index is 9.70. The molecule has 2 aromatic rings. The lowest BCUT2D eigenvalue weighted by Gasteiger charge is -2.10. The van der Waals surface area contributed by atoms with Gasteiger partial charge in [0.1, 0.15) is 0 Å². The van der Waals surface area contributed by atoms with Crippen LogP contribution in [0.4, 0.5) is 0 Å². The normalized spacial score (nSPS) is 13.0. The Hall–Kier alpha value is -1.68. The molecule has 0 amide bonds. The highest BCUT2D eigenvalue weighted by Gasteiger charge is 2.12. The van der Waals surface area contributed by atoms with Crippen molar-refractivity contribution in [2.24, 2.45) is 0 Å². The van der Waals surface area contributed by atoms with Gasteiger partial charge in [0, 0.05) is 18.0 Å². The summed E-state index contributed by atoms with van der Waals surface area (Å²) in [5.41, 5.74) is 1.80. The Morgan fingerprint density at radius 2 is 2.00 bits per heavy atom. The summed E-state index contributed by atoms with van der Waals surface area (Å²) in [4.78, 5) is 4.28. The van der Waals surface area contributed by atoms with E-state index in [1.807, 2.05) is 24.4 Å². The van der Waals surface area contributed by atoms with E-state index in [9.17, 15) is 5.11 Å². The molecule has 2 rings (SSSR count). The zero-order valence-electron chi connectivity index (χ0n) is 10.3. The second kappa shape index (κ2) is 4.67. The molecular formula is C13H17N3O. The fourth-order valence-corrected chi connectivity index (χ4v) is 1.69. The molecule has 1 N–H and O–H groups in total. The molecule has 2 aromatic heterocycles. The standard InChI is InChI=1S/C13H17N3O/c1-9(2)12-6-8-16(15-12)13-11(10(3)17)5-4-7-14-13/h4-10,17H,1-3H3/t10-/m1/s1. The van der Waals surface area contributed by atoms with Gasteiger partial charge in [-0.05, 0) is 25.0 Å². The van der Waals surface area contributed by atoms with Gasteiger partial charge in [-0.2, -0.15) is 5.10 Å². The molecule has 2 heterocycles. The summed E-state index contributed by atoms with van der Waals surface area (Å²) in [7, 11) is 0. The number of rotatable bonds is 3. The molecule has 0 aliphatic heterocycles.